The van der Waals surface area contributed by atoms with Crippen molar-refractivity contribution in [3.8, 4) is 11.5 Å². The molecule has 1 saturated carbocycles. The van der Waals surface area contributed by atoms with Gasteiger partial charge in [-0.15, -0.1) is 0 Å². The van der Waals surface area contributed by atoms with E-state index in [2.05, 4.69) is 10.3 Å². The van der Waals surface area contributed by atoms with Gasteiger partial charge in [-0.2, -0.15) is 5.10 Å². The molecule has 1 aliphatic carbocycles. The molecule has 6 rings (SSSR count). The minimum absolute atomic E-state index is 0.218. The number of hydrogen-bond acceptors (Lipinski definition) is 7. The third-order valence-corrected chi connectivity index (χ3v) is 6.58. The number of aliphatic hydroxyl groups is 1. The van der Waals surface area contributed by atoms with Crippen molar-refractivity contribution in [2.45, 2.75) is 49.9 Å². The lowest BCUT2D eigenvalue weighted by Crippen LogP contribution is -2.37. The molecular formula is C25H27FN4O4. The molecule has 8 nitrogen and oxygen atoms in total. The summed E-state index contributed by atoms with van der Waals surface area (Å²) in [5, 5.41) is 17.9. The van der Waals surface area contributed by atoms with E-state index < -0.39 is 18.0 Å². The van der Waals surface area contributed by atoms with Gasteiger partial charge in [0, 0.05) is 42.6 Å². The first-order valence-electron chi connectivity index (χ1n) is 11.8. The number of anilines is 2. The summed E-state index contributed by atoms with van der Waals surface area (Å²) in [4.78, 5) is 4.38. The van der Waals surface area contributed by atoms with Gasteiger partial charge in [0.1, 0.15) is 35.3 Å². The zero-order chi connectivity index (χ0) is 23.1. The molecule has 0 radical (unpaired) electrons. The Bertz CT molecular complexity index is 1180. The lowest BCUT2D eigenvalue weighted by molar-refractivity contribution is -0.166. The van der Waals surface area contributed by atoms with Crippen molar-refractivity contribution >= 4 is 11.5 Å². The normalized spacial score (nSPS) is 22.9. The van der Waals surface area contributed by atoms with Gasteiger partial charge in [-0.3, -0.25) is 4.68 Å². The summed E-state index contributed by atoms with van der Waals surface area (Å²) in [5.74, 6) is 1.89. The van der Waals surface area contributed by atoms with Crippen LogP contribution in [0.1, 0.15) is 55.0 Å². The third-order valence-electron chi connectivity index (χ3n) is 6.58. The number of aromatic nitrogens is 3. The van der Waals surface area contributed by atoms with Crippen molar-refractivity contribution in [3.63, 3.8) is 0 Å². The molecule has 1 aromatic carbocycles. The number of rotatable bonds is 7. The zero-order valence-corrected chi connectivity index (χ0v) is 18.7. The largest absolute Gasteiger partial charge is 0.454 e. The number of halogens is 1. The fourth-order valence-electron chi connectivity index (χ4n) is 4.48. The van der Waals surface area contributed by atoms with Crippen LogP contribution in [0, 0.1) is 5.82 Å². The molecule has 2 atom stereocenters. The minimum atomic E-state index is -0.693. The monoisotopic (exact) mass is 466 g/mol. The van der Waals surface area contributed by atoms with E-state index in [-0.39, 0.29) is 6.61 Å². The van der Waals surface area contributed by atoms with Crippen LogP contribution in [0.25, 0.3) is 0 Å². The highest BCUT2D eigenvalue weighted by molar-refractivity contribution is 5.59. The van der Waals surface area contributed by atoms with Crippen LogP contribution in [0.15, 0.2) is 42.7 Å². The molecule has 34 heavy (non-hydrogen) atoms. The molecule has 0 amide bonds. The van der Waals surface area contributed by atoms with E-state index in [1.807, 2.05) is 16.9 Å². The Kier molecular flexibility index (Phi) is 5.68. The molecule has 3 aromatic rings. The Labute approximate surface area is 196 Å². The lowest BCUT2D eigenvalue weighted by Gasteiger charge is -2.33. The van der Waals surface area contributed by atoms with Gasteiger partial charge in [0.05, 0.1) is 18.8 Å². The predicted molar refractivity (Wildman–Crippen MR) is 122 cm³/mol. The minimum Gasteiger partial charge on any atom is -0.454 e. The van der Waals surface area contributed by atoms with Gasteiger partial charge in [-0.05, 0) is 49.9 Å². The molecule has 3 aliphatic rings. The summed E-state index contributed by atoms with van der Waals surface area (Å²) >= 11 is 0. The van der Waals surface area contributed by atoms with E-state index in [4.69, 9.17) is 19.3 Å². The van der Waals surface area contributed by atoms with Gasteiger partial charge < -0.3 is 24.6 Å². The number of nitrogens with one attached hydrogen (secondary N) is 1. The quantitative estimate of drug-likeness (QED) is 0.525. The number of ether oxygens (including phenoxy) is 3. The molecule has 2 aromatic heterocycles. The maximum atomic E-state index is 14.2. The van der Waals surface area contributed by atoms with Crippen molar-refractivity contribution in [2.75, 3.05) is 25.1 Å². The van der Waals surface area contributed by atoms with Crippen molar-refractivity contribution < 1.29 is 23.7 Å². The molecule has 3 fully saturated rings. The second-order valence-electron chi connectivity index (χ2n) is 9.14. The van der Waals surface area contributed by atoms with Crippen molar-refractivity contribution in [3.05, 3.63) is 59.8 Å². The van der Waals surface area contributed by atoms with E-state index in [0.29, 0.717) is 34.8 Å². The molecule has 2 saturated heterocycles. The van der Waals surface area contributed by atoms with Crippen molar-refractivity contribution in [1.29, 1.82) is 0 Å². The van der Waals surface area contributed by atoms with E-state index >= 15 is 0 Å². The van der Waals surface area contributed by atoms with Crippen LogP contribution >= 0.6 is 0 Å². The van der Waals surface area contributed by atoms with E-state index in [9.17, 15) is 9.50 Å². The number of pyridine rings is 1. The number of nitrogens with zero attached hydrogens (tertiary/aromatic N) is 3. The predicted octanol–water partition coefficient (Wildman–Crippen LogP) is 4.61. The summed E-state index contributed by atoms with van der Waals surface area (Å²) in [5.41, 5.74) is 1.96. The SMILES string of the molecule is OC1COC1c1cc(Nc2cc(Oc3cn(C4CC4)nc3C3CCOCC3)ccn2)ccc1F. The standard InChI is InChI=1S/C25H27FN4O4/c26-20-4-1-16(11-19(20)25-21(31)14-33-25)28-23-12-18(5-8-27-23)34-22-13-30(17-2-3-17)29-24(22)15-6-9-32-10-7-15/h1,4-5,8,11-13,15,17,21,25,31H,2-3,6-7,9-10,14H2,(H,27,28). The highest BCUT2D eigenvalue weighted by Gasteiger charge is 2.34. The van der Waals surface area contributed by atoms with Gasteiger partial charge in [0.15, 0.2) is 5.75 Å². The Morgan fingerprint density at radius 1 is 1.12 bits per heavy atom. The van der Waals surface area contributed by atoms with Gasteiger partial charge in [-0.25, -0.2) is 9.37 Å². The molecular weight excluding hydrogens is 439 g/mol. The topological polar surface area (TPSA) is 90.7 Å². The average Bonchev–Trinajstić information content (AvgIpc) is 3.61. The third kappa shape index (κ3) is 4.38. The van der Waals surface area contributed by atoms with Crippen LogP contribution in [0.2, 0.25) is 0 Å². The summed E-state index contributed by atoms with van der Waals surface area (Å²) in [6.07, 6.45) is 6.52. The smallest absolute Gasteiger partial charge is 0.168 e. The highest BCUT2D eigenvalue weighted by Crippen LogP contribution is 2.41. The van der Waals surface area contributed by atoms with E-state index in [1.165, 1.54) is 6.07 Å². The fraction of sp³-hybridized carbons (Fsp3) is 0.440. The number of hydrogen-bond donors (Lipinski definition) is 2. The second-order valence-corrected chi connectivity index (χ2v) is 9.14. The van der Waals surface area contributed by atoms with Crippen LogP contribution in [-0.4, -0.2) is 45.8 Å². The van der Waals surface area contributed by atoms with Gasteiger partial charge >= 0.3 is 0 Å². The number of aliphatic hydroxyl groups excluding tert-OH is 1. The van der Waals surface area contributed by atoms with Gasteiger partial charge in [-0.1, -0.05) is 0 Å². The summed E-state index contributed by atoms with van der Waals surface area (Å²) in [6.45, 7) is 1.70. The van der Waals surface area contributed by atoms with Gasteiger partial charge in [0.25, 0.3) is 0 Å². The Hall–Kier alpha value is -3.01. The molecule has 0 spiro atoms. The van der Waals surface area contributed by atoms with E-state index in [0.717, 1.165) is 50.3 Å². The molecule has 4 heterocycles. The molecule has 178 valence electrons. The maximum Gasteiger partial charge on any atom is 0.168 e. The summed E-state index contributed by atoms with van der Waals surface area (Å²) in [7, 11) is 0. The second kappa shape index (κ2) is 8.98. The first-order chi connectivity index (χ1) is 16.6. The first kappa shape index (κ1) is 21.5. The highest BCUT2D eigenvalue weighted by atomic mass is 19.1. The van der Waals surface area contributed by atoms with Crippen LogP contribution in [0.3, 0.4) is 0 Å². The van der Waals surface area contributed by atoms with Crippen LogP contribution in [-0.2, 0) is 9.47 Å². The zero-order valence-electron chi connectivity index (χ0n) is 18.7. The molecule has 2 aliphatic heterocycles. The van der Waals surface area contributed by atoms with Gasteiger partial charge in [0.2, 0.25) is 0 Å². The van der Waals surface area contributed by atoms with Crippen molar-refractivity contribution in [2.24, 2.45) is 0 Å². The molecule has 2 unspecified atom stereocenters. The molecule has 0 bridgehead atoms. The van der Waals surface area contributed by atoms with Crippen LogP contribution in [0.5, 0.6) is 11.5 Å². The number of benzene rings is 1. The molecule has 9 heteroatoms. The van der Waals surface area contributed by atoms with Crippen molar-refractivity contribution in [1.82, 2.24) is 14.8 Å². The lowest BCUT2D eigenvalue weighted by atomic mass is 9.96. The van der Waals surface area contributed by atoms with E-state index in [1.54, 1.807) is 24.4 Å². The average molecular weight is 467 g/mol. The Morgan fingerprint density at radius 3 is 2.71 bits per heavy atom. The molecule has 2 N–H and O–H groups in total. The Morgan fingerprint density at radius 2 is 1.97 bits per heavy atom. The van der Waals surface area contributed by atoms with Crippen LogP contribution < -0.4 is 10.1 Å². The maximum absolute atomic E-state index is 14.2. The first-order valence-corrected chi connectivity index (χ1v) is 11.8. The van der Waals surface area contributed by atoms with Crippen LogP contribution in [0.4, 0.5) is 15.9 Å². The fourth-order valence-corrected chi connectivity index (χ4v) is 4.48. The Balaban J connectivity index is 1.22. The summed E-state index contributed by atoms with van der Waals surface area (Å²) in [6, 6.07) is 8.71. The summed E-state index contributed by atoms with van der Waals surface area (Å²) < 4.78 is 33.4.